The van der Waals surface area contributed by atoms with Crippen LogP contribution in [0.3, 0.4) is 0 Å². The summed E-state index contributed by atoms with van der Waals surface area (Å²) in [7, 11) is 0. The summed E-state index contributed by atoms with van der Waals surface area (Å²) in [5.41, 5.74) is 8.23. The van der Waals surface area contributed by atoms with E-state index in [9.17, 15) is 0 Å². The number of rotatable bonds is 6. The lowest BCUT2D eigenvalue weighted by atomic mass is 9.72. The van der Waals surface area contributed by atoms with Gasteiger partial charge in [0.2, 0.25) is 0 Å². The summed E-state index contributed by atoms with van der Waals surface area (Å²) in [5, 5.41) is 0. The second-order valence-corrected chi connectivity index (χ2v) is 6.36. The Kier molecular flexibility index (Phi) is 5.45. The fourth-order valence-electron chi connectivity index (χ4n) is 3.41. The lowest BCUT2D eigenvalue weighted by Gasteiger charge is -2.37. The van der Waals surface area contributed by atoms with Gasteiger partial charge >= 0.3 is 0 Å². The third-order valence-corrected chi connectivity index (χ3v) is 4.78. The van der Waals surface area contributed by atoms with Gasteiger partial charge in [0.1, 0.15) is 0 Å². The van der Waals surface area contributed by atoms with Crippen LogP contribution in [0, 0.1) is 0 Å². The van der Waals surface area contributed by atoms with E-state index in [1.165, 1.54) is 63.4 Å². The van der Waals surface area contributed by atoms with Gasteiger partial charge < -0.3 is 5.73 Å². The van der Waals surface area contributed by atoms with Crippen LogP contribution >= 0.6 is 0 Å². The maximum Gasteiger partial charge on any atom is 0.0154 e. The summed E-state index contributed by atoms with van der Waals surface area (Å²) >= 11 is 0. The first-order valence-corrected chi connectivity index (χ1v) is 8.07. The van der Waals surface area contributed by atoms with Gasteiger partial charge in [-0.15, -0.1) is 0 Å². The molecule has 1 aliphatic carbocycles. The Morgan fingerprint density at radius 3 is 2.37 bits per heavy atom. The van der Waals surface area contributed by atoms with E-state index < -0.39 is 0 Å². The summed E-state index contributed by atoms with van der Waals surface area (Å²) in [6.45, 7) is 2.27. The van der Waals surface area contributed by atoms with Crippen molar-refractivity contribution in [2.45, 2.75) is 76.2 Å². The number of benzene rings is 1. The molecule has 0 bridgehead atoms. The Morgan fingerprint density at radius 1 is 1.05 bits per heavy atom. The fraction of sp³-hybridized carbons (Fsp3) is 0.667. The van der Waals surface area contributed by atoms with E-state index in [0.717, 1.165) is 5.92 Å². The minimum Gasteiger partial charge on any atom is -0.325 e. The van der Waals surface area contributed by atoms with Crippen molar-refractivity contribution < 1.29 is 0 Å². The molecule has 1 aromatic carbocycles. The van der Waals surface area contributed by atoms with E-state index in [1.54, 1.807) is 0 Å². The Morgan fingerprint density at radius 2 is 1.74 bits per heavy atom. The molecule has 0 amide bonds. The summed E-state index contributed by atoms with van der Waals surface area (Å²) in [6, 6.07) is 11.0. The molecule has 0 unspecified atom stereocenters. The summed E-state index contributed by atoms with van der Waals surface area (Å²) in [6.07, 6.45) is 11.5. The van der Waals surface area contributed by atoms with Crippen LogP contribution in [-0.4, -0.2) is 5.54 Å². The summed E-state index contributed by atoms with van der Waals surface area (Å²) < 4.78 is 0. The Balaban J connectivity index is 1.78. The molecule has 1 heteroatoms. The first-order valence-electron chi connectivity index (χ1n) is 8.07. The predicted octanol–water partition coefficient (Wildman–Crippen LogP) is 5.01. The topological polar surface area (TPSA) is 26.0 Å². The second-order valence-electron chi connectivity index (χ2n) is 6.36. The molecule has 106 valence electrons. The zero-order chi connectivity index (χ0) is 13.6. The van der Waals surface area contributed by atoms with Crippen LogP contribution in [0.15, 0.2) is 30.3 Å². The van der Waals surface area contributed by atoms with Crippen LogP contribution in [0.4, 0.5) is 0 Å². The van der Waals surface area contributed by atoms with Gasteiger partial charge in [-0.25, -0.2) is 0 Å². The molecule has 1 fully saturated rings. The van der Waals surface area contributed by atoms with Gasteiger partial charge in [0, 0.05) is 5.54 Å². The van der Waals surface area contributed by atoms with Gasteiger partial charge in [0.25, 0.3) is 0 Å². The molecule has 2 rings (SSSR count). The standard InChI is InChI=1S/C18H29N/c1-2-3-4-8-13-18(19)14-11-17(12-15-18)16-9-6-5-7-10-16/h5-7,9-10,17H,2-4,8,11-15,19H2,1H3. The van der Waals surface area contributed by atoms with Crippen LogP contribution in [0.5, 0.6) is 0 Å². The largest absolute Gasteiger partial charge is 0.325 e. The van der Waals surface area contributed by atoms with Crippen molar-refractivity contribution in [3.63, 3.8) is 0 Å². The average Bonchev–Trinajstić information content (AvgIpc) is 2.46. The van der Waals surface area contributed by atoms with Gasteiger partial charge in [-0.05, 0) is 43.6 Å². The van der Waals surface area contributed by atoms with Crippen molar-refractivity contribution in [2.24, 2.45) is 5.73 Å². The molecular weight excluding hydrogens is 230 g/mol. The molecule has 1 saturated carbocycles. The smallest absolute Gasteiger partial charge is 0.0154 e. The Hall–Kier alpha value is -0.820. The summed E-state index contributed by atoms with van der Waals surface area (Å²) in [4.78, 5) is 0. The highest BCUT2D eigenvalue weighted by molar-refractivity contribution is 5.20. The average molecular weight is 259 g/mol. The maximum atomic E-state index is 6.58. The van der Waals surface area contributed by atoms with Crippen LogP contribution < -0.4 is 5.73 Å². The minimum atomic E-state index is 0.138. The molecule has 1 nitrogen and oxygen atoms in total. The number of hydrogen-bond donors (Lipinski definition) is 1. The van der Waals surface area contributed by atoms with Crippen molar-refractivity contribution in [3.8, 4) is 0 Å². The Labute approximate surface area is 118 Å². The first-order chi connectivity index (χ1) is 9.23. The third kappa shape index (κ3) is 4.35. The number of nitrogens with two attached hydrogens (primary N) is 1. The molecule has 0 aliphatic heterocycles. The molecule has 1 aliphatic rings. The lowest BCUT2D eigenvalue weighted by Crippen LogP contribution is -2.42. The first kappa shape index (κ1) is 14.6. The molecule has 19 heavy (non-hydrogen) atoms. The number of unbranched alkanes of at least 4 members (excludes halogenated alkanes) is 3. The van der Waals surface area contributed by atoms with Crippen molar-refractivity contribution in [1.82, 2.24) is 0 Å². The highest BCUT2D eigenvalue weighted by atomic mass is 14.7. The van der Waals surface area contributed by atoms with E-state index in [2.05, 4.69) is 37.3 Å². The Bertz CT molecular complexity index is 349. The fourth-order valence-corrected chi connectivity index (χ4v) is 3.41. The quantitative estimate of drug-likeness (QED) is 0.714. The van der Waals surface area contributed by atoms with E-state index >= 15 is 0 Å². The highest BCUT2D eigenvalue weighted by Crippen LogP contribution is 2.38. The van der Waals surface area contributed by atoms with Crippen molar-refractivity contribution in [2.75, 3.05) is 0 Å². The highest BCUT2D eigenvalue weighted by Gasteiger charge is 2.31. The van der Waals surface area contributed by atoms with Gasteiger partial charge in [-0.3, -0.25) is 0 Å². The molecule has 0 atom stereocenters. The van der Waals surface area contributed by atoms with Gasteiger partial charge in [-0.1, -0.05) is 62.9 Å². The molecule has 0 heterocycles. The monoisotopic (exact) mass is 259 g/mol. The summed E-state index contributed by atoms with van der Waals surface area (Å²) in [5.74, 6) is 0.744. The van der Waals surface area contributed by atoms with Crippen LogP contribution in [0.25, 0.3) is 0 Å². The zero-order valence-corrected chi connectivity index (χ0v) is 12.4. The van der Waals surface area contributed by atoms with E-state index in [1.807, 2.05) is 0 Å². The molecule has 1 aromatic rings. The molecule has 0 radical (unpaired) electrons. The predicted molar refractivity (Wildman–Crippen MR) is 83.3 cm³/mol. The van der Waals surface area contributed by atoms with Crippen LogP contribution in [0.2, 0.25) is 0 Å². The van der Waals surface area contributed by atoms with Gasteiger partial charge in [0.05, 0.1) is 0 Å². The van der Waals surface area contributed by atoms with E-state index in [-0.39, 0.29) is 5.54 Å². The lowest BCUT2D eigenvalue weighted by molar-refractivity contribution is 0.250. The van der Waals surface area contributed by atoms with Crippen LogP contribution in [0.1, 0.15) is 76.2 Å². The van der Waals surface area contributed by atoms with Crippen molar-refractivity contribution in [1.29, 1.82) is 0 Å². The molecule has 2 N–H and O–H groups in total. The van der Waals surface area contributed by atoms with Gasteiger partial charge in [-0.2, -0.15) is 0 Å². The molecular formula is C18H29N. The van der Waals surface area contributed by atoms with E-state index in [0.29, 0.717) is 0 Å². The normalized spacial score (nSPS) is 27.4. The third-order valence-electron chi connectivity index (χ3n) is 4.78. The molecule has 0 spiro atoms. The van der Waals surface area contributed by atoms with Crippen molar-refractivity contribution >= 4 is 0 Å². The van der Waals surface area contributed by atoms with Crippen molar-refractivity contribution in [3.05, 3.63) is 35.9 Å². The van der Waals surface area contributed by atoms with Crippen LogP contribution in [-0.2, 0) is 0 Å². The van der Waals surface area contributed by atoms with E-state index in [4.69, 9.17) is 5.73 Å². The van der Waals surface area contributed by atoms with Gasteiger partial charge in [0.15, 0.2) is 0 Å². The SMILES string of the molecule is CCCCCCC1(N)CCC(c2ccccc2)CC1. The zero-order valence-electron chi connectivity index (χ0n) is 12.4. The molecule has 0 aromatic heterocycles. The number of hydrogen-bond acceptors (Lipinski definition) is 1. The molecule has 0 saturated heterocycles. The maximum absolute atomic E-state index is 6.58. The minimum absolute atomic E-state index is 0.138. The second kappa shape index (κ2) is 7.09.